The topological polar surface area (TPSA) is 129 Å². The molecule has 1 unspecified atom stereocenters. The lowest BCUT2D eigenvalue weighted by molar-refractivity contribution is -0.135. The zero-order valence-corrected chi connectivity index (χ0v) is 25.4. The van der Waals surface area contributed by atoms with E-state index in [4.69, 9.17) is 16.3 Å². The van der Waals surface area contributed by atoms with Gasteiger partial charge in [0.2, 0.25) is 5.96 Å². The first kappa shape index (κ1) is 31.5. The molecular formula is C28H32BrClFN3O6. The lowest BCUT2D eigenvalue weighted by Crippen LogP contribution is -2.47. The molecule has 0 saturated carbocycles. The molecule has 1 aliphatic heterocycles. The van der Waals surface area contributed by atoms with Gasteiger partial charge in [0.05, 0.1) is 23.2 Å². The molecule has 3 N–H and O–H groups in total. The van der Waals surface area contributed by atoms with Gasteiger partial charge in [0, 0.05) is 10.0 Å². The standard InChI is InChI=1S/C28H32BrClFN3O6/c1-26(2,3)14-28(18-9-8-16(29)12-20(18)31)23(38)34(24(33-28)32-25(39)40-27(4,5)6)21(13-35)15-7-10-19(30)17(11-15)22(36)37/h7-12,21,35H,13-14H2,1-6H3,(H,36,37)(H,32,33,39)/t21-,28?/m1/s1. The molecule has 2 amide bonds. The fraction of sp³-hybridized carbons (Fsp3) is 0.429. The highest BCUT2D eigenvalue weighted by Crippen LogP contribution is 2.43. The number of aromatic carboxylic acids is 1. The van der Waals surface area contributed by atoms with Gasteiger partial charge in [0.25, 0.3) is 5.91 Å². The van der Waals surface area contributed by atoms with Gasteiger partial charge in [0.1, 0.15) is 17.0 Å². The van der Waals surface area contributed by atoms with Gasteiger partial charge in [-0.3, -0.25) is 9.69 Å². The van der Waals surface area contributed by atoms with E-state index in [1.165, 1.54) is 30.3 Å². The minimum Gasteiger partial charge on any atom is -0.478 e. The third-order valence-corrected chi connectivity index (χ3v) is 6.83. The Balaban J connectivity index is 2.30. The van der Waals surface area contributed by atoms with Crippen molar-refractivity contribution in [3.63, 3.8) is 0 Å². The van der Waals surface area contributed by atoms with Crippen LogP contribution in [-0.4, -0.2) is 51.3 Å². The molecule has 12 heteroatoms. The van der Waals surface area contributed by atoms with Crippen LogP contribution < -0.4 is 5.32 Å². The molecule has 2 atom stereocenters. The summed E-state index contributed by atoms with van der Waals surface area (Å²) in [5, 5.41) is 23.1. The number of benzene rings is 2. The first-order chi connectivity index (χ1) is 18.4. The number of hydrogen-bond donors (Lipinski definition) is 3. The Bertz CT molecular complexity index is 1370. The number of guanidine groups is 1. The van der Waals surface area contributed by atoms with Crippen molar-refractivity contribution in [2.24, 2.45) is 10.4 Å². The number of aliphatic imine (C=N–C) groups is 1. The van der Waals surface area contributed by atoms with Gasteiger partial charge in [-0.25, -0.2) is 14.0 Å². The summed E-state index contributed by atoms with van der Waals surface area (Å²) in [6, 6.07) is 7.09. The summed E-state index contributed by atoms with van der Waals surface area (Å²) in [6.07, 6.45) is -0.949. The molecule has 1 saturated heterocycles. The molecule has 1 fully saturated rings. The van der Waals surface area contributed by atoms with Crippen LogP contribution in [0.5, 0.6) is 0 Å². The van der Waals surface area contributed by atoms with Crippen molar-refractivity contribution >= 4 is 51.5 Å². The molecule has 1 aliphatic rings. The van der Waals surface area contributed by atoms with Crippen LogP contribution in [-0.2, 0) is 15.1 Å². The molecule has 1 heterocycles. The van der Waals surface area contributed by atoms with Crippen molar-refractivity contribution < 1.29 is 33.7 Å². The molecular weight excluding hydrogens is 609 g/mol. The number of carboxylic acid groups (broad SMARTS) is 1. The van der Waals surface area contributed by atoms with E-state index in [0.29, 0.717) is 4.47 Å². The number of carbonyl (C=O) groups is 3. The molecule has 0 radical (unpaired) electrons. The van der Waals surface area contributed by atoms with Gasteiger partial charge in [-0.05, 0) is 62.4 Å². The van der Waals surface area contributed by atoms with Crippen molar-refractivity contribution in [3.05, 3.63) is 68.4 Å². The predicted octanol–water partition coefficient (Wildman–Crippen LogP) is 6.03. The second-order valence-corrected chi connectivity index (χ2v) is 13.0. The number of carboxylic acids is 1. The fourth-order valence-electron chi connectivity index (χ4n) is 4.63. The highest BCUT2D eigenvalue weighted by molar-refractivity contribution is 9.10. The van der Waals surface area contributed by atoms with Crippen LogP contribution in [0.15, 0.2) is 45.9 Å². The second-order valence-electron chi connectivity index (χ2n) is 11.7. The predicted molar refractivity (Wildman–Crippen MR) is 152 cm³/mol. The van der Waals surface area contributed by atoms with Crippen LogP contribution in [0.1, 0.15) is 75.5 Å². The fourth-order valence-corrected chi connectivity index (χ4v) is 5.16. The van der Waals surface area contributed by atoms with Gasteiger partial charge >= 0.3 is 12.1 Å². The van der Waals surface area contributed by atoms with Gasteiger partial charge in [-0.15, -0.1) is 4.99 Å². The first-order valence-electron chi connectivity index (χ1n) is 12.4. The molecule has 0 spiro atoms. The van der Waals surface area contributed by atoms with E-state index in [2.05, 4.69) is 26.2 Å². The Hall–Kier alpha value is -3.02. The Morgan fingerprint density at radius 3 is 2.35 bits per heavy atom. The number of aliphatic hydroxyl groups excluding tert-OH is 1. The van der Waals surface area contributed by atoms with Crippen molar-refractivity contribution in [1.82, 2.24) is 10.2 Å². The number of ether oxygens (including phenoxy) is 1. The highest BCUT2D eigenvalue weighted by Gasteiger charge is 2.56. The second kappa shape index (κ2) is 11.5. The van der Waals surface area contributed by atoms with Crippen LogP contribution in [0.4, 0.5) is 9.18 Å². The summed E-state index contributed by atoms with van der Waals surface area (Å²) in [5.74, 6) is -2.97. The third kappa shape index (κ3) is 6.82. The van der Waals surface area contributed by atoms with Gasteiger partial charge < -0.3 is 20.3 Å². The average Bonchev–Trinajstić information content (AvgIpc) is 3.04. The van der Waals surface area contributed by atoms with Gasteiger partial charge in [0.15, 0.2) is 0 Å². The molecule has 2 aromatic rings. The molecule has 216 valence electrons. The average molecular weight is 641 g/mol. The van der Waals surface area contributed by atoms with Crippen LogP contribution in [0, 0.1) is 11.2 Å². The molecule has 9 nitrogen and oxygen atoms in total. The molecule has 40 heavy (non-hydrogen) atoms. The van der Waals surface area contributed by atoms with Crippen molar-refractivity contribution in [2.75, 3.05) is 6.61 Å². The smallest absolute Gasteiger partial charge is 0.437 e. The maximum Gasteiger partial charge on any atom is 0.437 e. The van der Waals surface area contributed by atoms with E-state index in [9.17, 15) is 24.6 Å². The number of carbonyl (C=O) groups excluding carboxylic acids is 2. The number of amides is 2. The zero-order valence-electron chi connectivity index (χ0n) is 23.0. The molecule has 3 rings (SSSR count). The van der Waals surface area contributed by atoms with Crippen molar-refractivity contribution in [3.8, 4) is 0 Å². The lowest BCUT2D eigenvalue weighted by atomic mass is 9.75. The number of halogens is 3. The van der Waals surface area contributed by atoms with Crippen LogP contribution in [0.2, 0.25) is 5.02 Å². The number of nitrogens with one attached hydrogen (secondary N) is 1. The molecule has 0 bridgehead atoms. The van der Waals surface area contributed by atoms with Crippen LogP contribution in [0.3, 0.4) is 0 Å². The van der Waals surface area contributed by atoms with E-state index in [1.807, 2.05) is 20.8 Å². The Morgan fingerprint density at radius 2 is 1.82 bits per heavy atom. The zero-order chi connectivity index (χ0) is 30.2. The normalized spacial score (nSPS) is 19.5. The summed E-state index contributed by atoms with van der Waals surface area (Å²) in [5.41, 5.74) is -3.21. The summed E-state index contributed by atoms with van der Waals surface area (Å²) in [6.45, 7) is 9.87. The number of aliphatic hydroxyl groups is 1. The van der Waals surface area contributed by atoms with Crippen molar-refractivity contribution in [1.29, 1.82) is 0 Å². The van der Waals surface area contributed by atoms with E-state index in [-0.39, 0.29) is 34.1 Å². The summed E-state index contributed by atoms with van der Waals surface area (Å²) in [7, 11) is 0. The summed E-state index contributed by atoms with van der Waals surface area (Å²) >= 11 is 9.29. The van der Waals surface area contributed by atoms with E-state index >= 15 is 4.39 Å². The third-order valence-electron chi connectivity index (χ3n) is 6.00. The van der Waals surface area contributed by atoms with Gasteiger partial charge in [-0.2, -0.15) is 0 Å². The van der Waals surface area contributed by atoms with E-state index in [0.717, 1.165) is 4.90 Å². The molecule has 0 aromatic heterocycles. The molecule has 0 aliphatic carbocycles. The highest BCUT2D eigenvalue weighted by atomic mass is 79.9. The quantitative estimate of drug-likeness (QED) is 0.352. The van der Waals surface area contributed by atoms with Crippen LogP contribution in [0.25, 0.3) is 0 Å². The number of hydrogen-bond acceptors (Lipinski definition) is 5. The minimum absolute atomic E-state index is 0.00837. The summed E-state index contributed by atoms with van der Waals surface area (Å²) in [4.78, 5) is 44.1. The maximum absolute atomic E-state index is 15.5. The Labute approximate surface area is 245 Å². The lowest BCUT2D eigenvalue weighted by Gasteiger charge is -2.35. The van der Waals surface area contributed by atoms with E-state index in [1.54, 1.807) is 26.8 Å². The summed E-state index contributed by atoms with van der Waals surface area (Å²) < 4.78 is 21.3. The van der Waals surface area contributed by atoms with Crippen molar-refractivity contribution in [2.45, 2.75) is 65.1 Å². The van der Waals surface area contributed by atoms with E-state index < -0.39 is 53.0 Å². The van der Waals surface area contributed by atoms with Gasteiger partial charge in [-0.1, -0.05) is 60.4 Å². The maximum atomic E-state index is 15.5. The minimum atomic E-state index is -1.74. The van der Waals surface area contributed by atoms with Crippen LogP contribution >= 0.6 is 27.5 Å². The molecule has 2 aromatic carbocycles. The first-order valence-corrected chi connectivity index (χ1v) is 13.6. The monoisotopic (exact) mass is 639 g/mol. The largest absolute Gasteiger partial charge is 0.478 e. The number of nitrogens with zero attached hydrogens (tertiary/aromatic N) is 2. The SMILES string of the molecule is CC(C)(C)CC1(c2ccc(Br)cc2F)NC(=NC(=O)OC(C)(C)C)N([C@H](CO)c2ccc(Cl)c(C(=O)O)c2)C1=O. The Kier molecular flexibility index (Phi) is 9.03. The number of rotatable bonds is 6. The Morgan fingerprint density at radius 1 is 1.18 bits per heavy atom.